The summed E-state index contributed by atoms with van der Waals surface area (Å²) in [6.07, 6.45) is 14.3. The molecule has 2 aliphatic rings. The fourth-order valence-corrected chi connectivity index (χ4v) is 4.36. The van der Waals surface area contributed by atoms with Gasteiger partial charge in [0.2, 0.25) is 0 Å². The molecule has 20 heavy (non-hydrogen) atoms. The molecule has 0 N–H and O–H groups in total. The van der Waals surface area contributed by atoms with Crippen LogP contribution in [0.4, 0.5) is 0 Å². The average Bonchev–Trinajstić information content (AvgIpc) is 3.04. The van der Waals surface area contributed by atoms with Crippen LogP contribution in [-0.2, 0) is 12.8 Å². The molecule has 2 aromatic rings. The second-order valence-electron chi connectivity index (χ2n) is 5.43. The summed E-state index contributed by atoms with van der Waals surface area (Å²) in [6.45, 7) is 4.11. The minimum atomic E-state index is 0.992. The number of allylic oxidation sites excluding steroid dienone is 6. The summed E-state index contributed by atoms with van der Waals surface area (Å²) >= 11 is 1.95. The molecule has 0 aliphatic heterocycles. The molecular weight excluding hydrogens is 260 g/mol. The Kier molecular flexibility index (Phi) is 2.75. The van der Waals surface area contributed by atoms with Crippen molar-refractivity contribution in [1.29, 1.82) is 0 Å². The Hall–Kier alpha value is -1.86. The summed E-state index contributed by atoms with van der Waals surface area (Å²) in [7, 11) is 0. The lowest BCUT2D eigenvalue weighted by Crippen LogP contribution is -1.91. The summed E-state index contributed by atoms with van der Waals surface area (Å²) in [6, 6.07) is 6.75. The maximum Gasteiger partial charge on any atom is 0.0387 e. The lowest BCUT2D eigenvalue weighted by molar-refractivity contribution is 1.01. The van der Waals surface area contributed by atoms with Crippen molar-refractivity contribution in [2.45, 2.75) is 19.3 Å². The van der Waals surface area contributed by atoms with Crippen LogP contribution < -0.4 is 0 Å². The van der Waals surface area contributed by atoms with E-state index in [2.05, 4.69) is 55.2 Å². The Bertz CT molecular complexity index is 797. The van der Waals surface area contributed by atoms with Gasteiger partial charge >= 0.3 is 0 Å². The van der Waals surface area contributed by atoms with Gasteiger partial charge in [-0.15, -0.1) is 11.3 Å². The molecule has 98 valence electrons. The summed E-state index contributed by atoms with van der Waals surface area (Å²) in [4.78, 5) is 1.45. The van der Waals surface area contributed by atoms with E-state index in [1.807, 2.05) is 11.3 Å². The van der Waals surface area contributed by atoms with E-state index in [1.165, 1.54) is 38.9 Å². The van der Waals surface area contributed by atoms with Crippen LogP contribution in [0.1, 0.15) is 22.4 Å². The standard InChI is InChI=1S/C19H16S/c1-13-6-4-7-14(13)12-15-8-5-10-17-16-9-2-3-11-18(16)20-19(15)17/h3-8,10-11H,1-2,9,12H2. The average molecular weight is 276 g/mol. The van der Waals surface area contributed by atoms with Crippen LogP contribution in [0.5, 0.6) is 0 Å². The number of rotatable bonds is 2. The van der Waals surface area contributed by atoms with Gasteiger partial charge in [0.25, 0.3) is 0 Å². The predicted molar refractivity (Wildman–Crippen MR) is 89.2 cm³/mol. The normalized spacial score (nSPS) is 16.8. The molecule has 1 heterocycles. The van der Waals surface area contributed by atoms with Crippen molar-refractivity contribution in [3.63, 3.8) is 0 Å². The van der Waals surface area contributed by atoms with Crippen LogP contribution in [-0.4, -0.2) is 0 Å². The first-order valence-electron chi connectivity index (χ1n) is 7.09. The molecule has 0 unspecified atom stereocenters. The third-order valence-electron chi connectivity index (χ3n) is 4.15. The van der Waals surface area contributed by atoms with Crippen molar-refractivity contribution in [2.24, 2.45) is 0 Å². The molecule has 1 aromatic heterocycles. The van der Waals surface area contributed by atoms with E-state index < -0.39 is 0 Å². The van der Waals surface area contributed by atoms with Gasteiger partial charge in [-0.05, 0) is 53.0 Å². The second kappa shape index (κ2) is 4.60. The molecule has 0 saturated carbocycles. The molecule has 0 bridgehead atoms. The van der Waals surface area contributed by atoms with E-state index in [0.717, 1.165) is 12.0 Å². The molecule has 0 atom stereocenters. The number of hydrogen-bond acceptors (Lipinski definition) is 1. The van der Waals surface area contributed by atoms with Crippen LogP contribution in [0, 0.1) is 0 Å². The van der Waals surface area contributed by atoms with E-state index in [9.17, 15) is 0 Å². The summed E-state index contributed by atoms with van der Waals surface area (Å²) in [5.74, 6) is 0. The Morgan fingerprint density at radius 1 is 1.20 bits per heavy atom. The van der Waals surface area contributed by atoms with E-state index in [4.69, 9.17) is 0 Å². The Morgan fingerprint density at radius 3 is 3.00 bits per heavy atom. The topological polar surface area (TPSA) is 0 Å². The van der Waals surface area contributed by atoms with Gasteiger partial charge < -0.3 is 0 Å². The maximum absolute atomic E-state index is 4.11. The van der Waals surface area contributed by atoms with Crippen molar-refractivity contribution in [1.82, 2.24) is 0 Å². The van der Waals surface area contributed by atoms with Crippen LogP contribution in [0.3, 0.4) is 0 Å². The first-order chi connectivity index (χ1) is 9.83. The maximum atomic E-state index is 4.11. The highest BCUT2D eigenvalue weighted by molar-refractivity contribution is 7.20. The monoisotopic (exact) mass is 276 g/mol. The Balaban J connectivity index is 1.82. The molecule has 0 nitrogen and oxygen atoms in total. The van der Waals surface area contributed by atoms with Gasteiger partial charge in [-0.1, -0.05) is 49.1 Å². The van der Waals surface area contributed by atoms with E-state index in [-0.39, 0.29) is 0 Å². The number of thiophene rings is 1. The van der Waals surface area contributed by atoms with Crippen molar-refractivity contribution in [3.8, 4) is 0 Å². The van der Waals surface area contributed by atoms with Crippen molar-refractivity contribution >= 4 is 27.5 Å². The SMILES string of the molecule is C=C1C=CC=C1Cc1cccc2c3c(sc12)C=CCC3. The number of benzene rings is 1. The van der Waals surface area contributed by atoms with Gasteiger partial charge in [-0.2, -0.15) is 0 Å². The van der Waals surface area contributed by atoms with Crippen LogP contribution >= 0.6 is 11.3 Å². The van der Waals surface area contributed by atoms with E-state index in [1.54, 1.807) is 5.56 Å². The number of fused-ring (bicyclic) bond motifs is 3. The molecule has 0 fully saturated rings. The highest BCUT2D eigenvalue weighted by atomic mass is 32.1. The van der Waals surface area contributed by atoms with Crippen LogP contribution in [0.2, 0.25) is 0 Å². The lowest BCUT2D eigenvalue weighted by Gasteiger charge is -2.07. The zero-order valence-corrected chi connectivity index (χ0v) is 12.2. The third kappa shape index (κ3) is 1.82. The Morgan fingerprint density at radius 2 is 2.15 bits per heavy atom. The minimum absolute atomic E-state index is 0.992. The van der Waals surface area contributed by atoms with Gasteiger partial charge in [0.15, 0.2) is 0 Å². The lowest BCUT2D eigenvalue weighted by atomic mass is 9.97. The minimum Gasteiger partial charge on any atom is -0.135 e. The molecule has 4 rings (SSSR count). The number of hydrogen-bond donors (Lipinski definition) is 0. The van der Waals surface area contributed by atoms with Crippen molar-refractivity contribution in [3.05, 3.63) is 76.2 Å². The molecule has 0 saturated heterocycles. The van der Waals surface area contributed by atoms with Crippen molar-refractivity contribution in [2.75, 3.05) is 0 Å². The zero-order valence-electron chi connectivity index (χ0n) is 11.4. The van der Waals surface area contributed by atoms with Gasteiger partial charge in [0, 0.05) is 9.58 Å². The molecule has 0 spiro atoms. The highest BCUT2D eigenvalue weighted by Gasteiger charge is 2.15. The highest BCUT2D eigenvalue weighted by Crippen LogP contribution is 2.38. The first-order valence-corrected chi connectivity index (χ1v) is 7.91. The fourth-order valence-electron chi connectivity index (χ4n) is 3.07. The molecule has 0 radical (unpaired) electrons. The first kappa shape index (κ1) is 11.9. The van der Waals surface area contributed by atoms with Gasteiger partial charge in [0.1, 0.15) is 0 Å². The van der Waals surface area contributed by atoms with E-state index in [0.29, 0.717) is 0 Å². The molecular formula is C19H16S. The smallest absolute Gasteiger partial charge is 0.0387 e. The molecule has 0 amide bonds. The summed E-state index contributed by atoms with van der Waals surface area (Å²) in [5, 5.41) is 1.46. The predicted octanol–water partition coefficient (Wildman–Crippen LogP) is 5.46. The van der Waals surface area contributed by atoms with Crippen LogP contribution in [0.15, 0.2) is 60.2 Å². The molecule has 2 aliphatic carbocycles. The summed E-state index contributed by atoms with van der Waals surface area (Å²) in [5.41, 5.74) is 5.49. The van der Waals surface area contributed by atoms with Gasteiger partial charge in [0.05, 0.1) is 0 Å². The Labute approximate surface area is 123 Å². The molecule has 1 heteroatoms. The second-order valence-corrected chi connectivity index (χ2v) is 6.48. The van der Waals surface area contributed by atoms with Gasteiger partial charge in [-0.25, -0.2) is 0 Å². The fraction of sp³-hybridized carbons (Fsp3) is 0.158. The van der Waals surface area contributed by atoms with E-state index >= 15 is 0 Å². The van der Waals surface area contributed by atoms with Gasteiger partial charge in [-0.3, -0.25) is 0 Å². The third-order valence-corrected chi connectivity index (χ3v) is 5.44. The quantitative estimate of drug-likeness (QED) is 0.683. The van der Waals surface area contributed by atoms with Crippen molar-refractivity contribution < 1.29 is 0 Å². The largest absolute Gasteiger partial charge is 0.135 e. The zero-order chi connectivity index (χ0) is 13.5. The van der Waals surface area contributed by atoms with Crippen LogP contribution in [0.25, 0.3) is 16.2 Å². The molecule has 1 aromatic carbocycles. The summed E-state index contributed by atoms with van der Waals surface area (Å²) < 4.78 is 1.46. The number of aryl methyl sites for hydroxylation is 1.